The second-order valence-electron chi connectivity index (χ2n) is 5.66. The number of nitrogens with two attached hydrogens (primary N) is 1. The first-order valence-corrected chi connectivity index (χ1v) is 7.58. The second kappa shape index (κ2) is 6.89. The molecule has 0 atom stereocenters. The van der Waals surface area contributed by atoms with Crippen molar-refractivity contribution in [1.29, 1.82) is 0 Å². The van der Waals surface area contributed by atoms with E-state index in [0.29, 0.717) is 6.54 Å². The van der Waals surface area contributed by atoms with Gasteiger partial charge in [0.25, 0.3) is 0 Å². The van der Waals surface area contributed by atoms with Gasteiger partial charge in [-0.25, -0.2) is 0 Å². The van der Waals surface area contributed by atoms with Gasteiger partial charge in [-0.1, -0.05) is 30.3 Å². The molecule has 112 valence electrons. The number of furan rings is 1. The molecule has 0 spiro atoms. The van der Waals surface area contributed by atoms with Gasteiger partial charge in [0.2, 0.25) is 0 Å². The fraction of sp³-hybridized carbons (Fsp3) is 0.412. The van der Waals surface area contributed by atoms with E-state index in [1.54, 1.807) is 6.26 Å². The van der Waals surface area contributed by atoms with Gasteiger partial charge in [-0.15, -0.1) is 0 Å². The molecule has 2 heterocycles. The zero-order valence-electron chi connectivity index (χ0n) is 12.4. The molecule has 4 nitrogen and oxygen atoms in total. The minimum absolute atomic E-state index is 0.550. The summed E-state index contributed by atoms with van der Waals surface area (Å²) < 4.78 is 5.55. The third-order valence-electron chi connectivity index (χ3n) is 4.04. The molecule has 21 heavy (non-hydrogen) atoms. The molecule has 0 bridgehead atoms. The van der Waals surface area contributed by atoms with Crippen LogP contribution in [0.2, 0.25) is 0 Å². The highest BCUT2D eigenvalue weighted by Gasteiger charge is 2.18. The Balaban J connectivity index is 1.46. The molecule has 0 aliphatic carbocycles. The monoisotopic (exact) mass is 285 g/mol. The summed E-state index contributed by atoms with van der Waals surface area (Å²) in [5.74, 6) is 1.02. The maximum atomic E-state index is 5.61. The number of piperazine rings is 1. The van der Waals surface area contributed by atoms with E-state index in [-0.39, 0.29) is 0 Å². The molecule has 4 heteroatoms. The highest BCUT2D eigenvalue weighted by Crippen LogP contribution is 2.13. The summed E-state index contributed by atoms with van der Waals surface area (Å²) >= 11 is 0. The van der Waals surface area contributed by atoms with Gasteiger partial charge in [0, 0.05) is 44.8 Å². The lowest BCUT2D eigenvalue weighted by Gasteiger charge is -2.34. The highest BCUT2D eigenvalue weighted by atomic mass is 16.3. The normalized spacial score (nSPS) is 17.2. The fourth-order valence-electron chi connectivity index (χ4n) is 2.78. The fourth-order valence-corrected chi connectivity index (χ4v) is 2.78. The molecule has 1 fully saturated rings. The lowest BCUT2D eigenvalue weighted by atomic mass is 10.2. The van der Waals surface area contributed by atoms with Gasteiger partial charge in [0.15, 0.2) is 0 Å². The molecule has 0 radical (unpaired) electrons. The molecule has 1 aromatic carbocycles. The van der Waals surface area contributed by atoms with E-state index in [1.807, 2.05) is 0 Å². The summed E-state index contributed by atoms with van der Waals surface area (Å²) in [6.07, 6.45) is 1.76. The van der Waals surface area contributed by atoms with Crippen molar-refractivity contribution in [3.63, 3.8) is 0 Å². The number of benzene rings is 1. The quantitative estimate of drug-likeness (QED) is 0.913. The van der Waals surface area contributed by atoms with Gasteiger partial charge < -0.3 is 10.2 Å². The van der Waals surface area contributed by atoms with Crippen molar-refractivity contribution < 1.29 is 4.42 Å². The first kappa shape index (κ1) is 14.3. The van der Waals surface area contributed by atoms with E-state index in [0.717, 1.165) is 50.6 Å². The van der Waals surface area contributed by atoms with E-state index < -0.39 is 0 Å². The summed E-state index contributed by atoms with van der Waals surface area (Å²) in [4.78, 5) is 4.96. The van der Waals surface area contributed by atoms with Gasteiger partial charge in [0.05, 0.1) is 12.8 Å². The molecule has 2 aromatic rings. The predicted octanol–water partition coefficient (Wildman–Crippen LogP) is 2.06. The Morgan fingerprint density at radius 2 is 1.57 bits per heavy atom. The van der Waals surface area contributed by atoms with Crippen molar-refractivity contribution in [2.45, 2.75) is 19.6 Å². The van der Waals surface area contributed by atoms with E-state index in [1.165, 1.54) is 5.56 Å². The average Bonchev–Trinajstić information content (AvgIpc) is 2.98. The van der Waals surface area contributed by atoms with Crippen molar-refractivity contribution in [2.24, 2.45) is 5.73 Å². The first-order valence-electron chi connectivity index (χ1n) is 7.58. The maximum absolute atomic E-state index is 5.61. The van der Waals surface area contributed by atoms with Crippen LogP contribution in [0.5, 0.6) is 0 Å². The van der Waals surface area contributed by atoms with E-state index in [9.17, 15) is 0 Å². The van der Waals surface area contributed by atoms with Crippen LogP contribution in [0.1, 0.15) is 16.9 Å². The molecular weight excluding hydrogens is 262 g/mol. The third kappa shape index (κ3) is 3.94. The number of nitrogens with zero attached hydrogens (tertiary/aromatic N) is 2. The summed E-state index contributed by atoms with van der Waals surface area (Å²) in [7, 11) is 0. The summed E-state index contributed by atoms with van der Waals surface area (Å²) in [6, 6.07) is 12.7. The molecule has 1 aliphatic rings. The minimum atomic E-state index is 0.550. The van der Waals surface area contributed by atoms with Crippen molar-refractivity contribution >= 4 is 0 Å². The van der Waals surface area contributed by atoms with E-state index >= 15 is 0 Å². The van der Waals surface area contributed by atoms with E-state index in [2.05, 4.69) is 46.2 Å². The Morgan fingerprint density at radius 1 is 0.905 bits per heavy atom. The number of hydrogen-bond donors (Lipinski definition) is 1. The molecular formula is C17H23N3O. The molecule has 0 amide bonds. The van der Waals surface area contributed by atoms with Crippen molar-refractivity contribution in [3.8, 4) is 0 Å². The third-order valence-corrected chi connectivity index (χ3v) is 4.04. The number of hydrogen-bond acceptors (Lipinski definition) is 4. The van der Waals surface area contributed by atoms with Crippen LogP contribution >= 0.6 is 0 Å². The van der Waals surface area contributed by atoms with Crippen LogP contribution in [-0.2, 0) is 19.6 Å². The zero-order valence-corrected chi connectivity index (χ0v) is 12.4. The van der Waals surface area contributed by atoms with Crippen molar-refractivity contribution in [1.82, 2.24) is 9.80 Å². The molecule has 1 aromatic heterocycles. The highest BCUT2D eigenvalue weighted by molar-refractivity contribution is 5.15. The van der Waals surface area contributed by atoms with Crippen LogP contribution in [0.25, 0.3) is 0 Å². The van der Waals surface area contributed by atoms with Gasteiger partial charge in [-0.2, -0.15) is 0 Å². The standard InChI is InChI=1S/C17H23N3O/c18-11-16-10-17(21-14-16)13-20-8-6-19(7-9-20)12-15-4-2-1-3-5-15/h1-5,10,14H,6-9,11-13,18H2. The minimum Gasteiger partial charge on any atom is -0.468 e. The van der Waals surface area contributed by atoms with Crippen molar-refractivity contribution in [3.05, 3.63) is 59.5 Å². The summed E-state index contributed by atoms with van der Waals surface area (Å²) in [5, 5.41) is 0. The predicted molar refractivity (Wildman–Crippen MR) is 83.6 cm³/mol. The van der Waals surface area contributed by atoms with Crippen LogP contribution in [0.15, 0.2) is 47.1 Å². The van der Waals surface area contributed by atoms with Crippen LogP contribution in [-0.4, -0.2) is 36.0 Å². The van der Waals surface area contributed by atoms with Crippen LogP contribution in [0.3, 0.4) is 0 Å². The Hall–Kier alpha value is -1.62. The van der Waals surface area contributed by atoms with Gasteiger partial charge in [-0.05, 0) is 11.6 Å². The average molecular weight is 285 g/mol. The van der Waals surface area contributed by atoms with Crippen LogP contribution < -0.4 is 5.73 Å². The Morgan fingerprint density at radius 3 is 2.19 bits per heavy atom. The Bertz CT molecular complexity index is 544. The lowest BCUT2D eigenvalue weighted by Crippen LogP contribution is -2.45. The van der Waals surface area contributed by atoms with Gasteiger partial charge in [-0.3, -0.25) is 9.80 Å². The number of rotatable bonds is 5. The summed E-state index contributed by atoms with van der Waals surface area (Å²) in [5.41, 5.74) is 8.08. The van der Waals surface area contributed by atoms with Crippen molar-refractivity contribution in [2.75, 3.05) is 26.2 Å². The second-order valence-corrected chi connectivity index (χ2v) is 5.66. The molecule has 2 N–H and O–H groups in total. The van der Waals surface area contributed by atoms with Gasteiger partial charge >= 0.3 is 0 Å². The van der Waals surface area contributed by atoms with E-state index in [4.69, 9.17) is 10.2 Å². The first-order chi connectivity index (χ1) is 10.3. The molecule has 1 saturated heterocycles. The largest absolute Gasteiger partial charge is 0.468 e. The molecule has 3 rings (SSSR count). The smallest absolute Gasteiger partial charge is 0.118 e. The topological polar surface area (TPSA) is 45.6 Å². The zero-order chi connectivity index (χ0) is 14.5. The van der Waals surface area contributed by atoms with Crippen LogP contribution in [0.4, 0.5) is 0 Å². The van der Waals surface area contributed by atoms with Gasteiger partial charge in [0.1, 0.15) is 5.76 Å². The molecule has 1 aliphatic heterocycles. The molecule has 0 unspecified atom stereocenters. The Labute approximate surface area is 126 Å². The maximum Gasteiger partial charge on any atom is 0.118 e. The summed E-state index contributed by atoms with van der Waals surface area (Å²) in [6.45, 7) is 6.88. The SMILES string of the molecule is NCc1coc(CN2CCN(Cc3ccccc3)CC2)c1. The molecule has 0 saturated carbocycles. The van der Waals surface area contributed by atoms with Crippen LogP contribution in [0, 0.1) is 0 Å². The Kier molecular flexibility index (Phi) is 4.70. The lowest BCUT2D eigenvalue weighted by molar-refractivity contribution is 0.116.